The molecule has 3 rings (SSSR count). The number of hydrogen-bond donors (Lipinski definition) is 1. The fourth-order valence-corrected chi connectivity index (χ4v) is 2.96. The number of benzene rings is 1. The molecule has 0 unspecified atom stereocenters. The highest BCUT2D eigenvalue weighted by Gasteiger charge is 2.35. The van der Waals surface area contributed by atoms with Crippen LogP contribution in [0.3, 0.4) is 0 Å². The van der Waals surface area contributed by atoms with Crippen molar-refractivity contribution in [2.45, 2.75) is 25.8 Å². The van der Waals surface area contributed by atoms with E-state index in [2.05, 4.69) is 5.10 Å². The summed E-state index contributed by atoms with van der Waals surface area (Å²) in [7, 11) is 1.57. The number of carbonyl (C=O) groups excluding carboxylic acids is 1. The Morgan fingerprint density at radius 3 is 2.83 bits per heavy atom. The van der Waals surface area contributed by atoms with Gasteiger partial charge in [-0.3, -0.25) is 4.79 Å². The predicted molar refractivity (Wildman–Crippen MR) is 86.5 cm³/mol. The van der Waals surface area contributed by atoms with Crippen molar-refractivity contribution in [3.05, 3.63) is 41.7 Å². The maximum absolute atomic E-state index is 12.6. The van der Waals surface area contributed by atoms with Gasteiger partial charge in [0.05, 0.1) is 7.11 Å². The number of hydrogen-bond acceptors (Lipinski definition) is 4. The third-order valence-corrected chi connectivity index (χ3v) is 4.19. The summed E-state index contributed by atoms with van der Waals surface area (Å²) >= 11 is 0. The minimum Gasteiger partial charge on any atom is -0.494 e. The summed E-state index contributed by atoms with van der Waals surface area (Å²) in [5.74, 6) is -0.682. The van der Waals surface area contributed by atoms with Gasteiger partial charge >= 0.3 is 5.97 Å². The molecule has 1 fully saturated rings. The molecule has 0 bridgehead atoms. The van der Waals surface area contributed by atoms with Crippen LogP contribution in [0.2, 0.25) is 0 Å². The molecule has 1 aromatic carbocycles. The van der Waals surface area contributed by atoms with Crippen molar-refractivity contribution in [3.63, 3.8) is 0 Å². The molecule has 0 saturated carbocycles. The summed E-state index contributed by atoms with van der Waals surface area (Å²) in [6, 6.07) is 6.52. The van der Waals surface area contributed by atoms with E-state index in [-0.39, 0.29) is 11.6 Å². The highest BCUT2D eigenvalue weighted by molar-refractivity contribution is 5.95. The lowest BCUT2D eigenvalue weighted by molar-refractivity contribution is -0.141. The van der Waals surface area contributed by atoms with Gasteiger partial charge in [0, 0.05) is 12.7 Å². The molecule has 126 valence electrons. The lowest BCUT2D eigenvalue weighted by atomic mass is 10.2. The lowest BCUT2D eigenvalue weighted by Gasteiger charge is -2.20. The fourth-order valence-electron chi connectivity index (χ4n) is 2.96. The Morgan fingerprint density at radius 2 is 2.12 bits per heavy atom. The molecule has 7 nitrogen and oxygen atoms in total. The lowest BCUT2D eigenvalue weighted by Crippen LogP contribution is -2.40. The first-order valence-electron chi connectivity index (χ1n) is 7.75. The van der Waals surface area contributed by atoms with E-state index in [0.29, 0.717) is 25.1 Å². The molecule has 24 heavy (non-hydrogen) atoms. The van der Waals surface area contributed by atoms with Gasteiger partial charge in [0.15, 0.2) is 5.69 Å². The number of ether oxygens (including phenoxy) is 1. The van der Waals surface area contributed by atoms with E-state index < -0.39 is 12.0 Å². The van der Waals surface area contributed by atoms with Gasteiger partial charge in [-0.15, -0.1) is 0 Å². The summed E-state index contributed by atoms with van der Waals surface area (Å²) < 4.78 is 6.91. The van der Waals surface area contributed by atoms with Crippen molar-refractivity contribution < 1.29 is 19.4 Å². The number of nitrogens with zero attached hydrogens (tertiary/aromatic N) is 3. The summed E-state index contributed by atoms with van der Waals surface area (Å²) in [5.41, 5.74) is 2.00. The molecule has 1 atom stereocenters. The van der Waals surface area contributed by atoms with E-state index in [9.17, 15) is 14.7 Å². The van der Waals surface area contributed by atoms with Crippen LogP contribution in [0.5, 0.6) is 5.75 Å². The first kappa shape index (κ1) is 16.0. The van der Waals surface area contributed by atoms with Crippen molar-refractivity contribution in [1.29, 1.82) is 0 Å². The summed E-state index contributed by atoms with van der Waals surface area (Å²) in [6.45, 7) is 2.40. The fraction of sp³-hybridized carbons (Fsp3) is 0.353. The first-order valence-corrected chi connectivity index (χ1v) is 7.75. The Kier molecular flexibility index (Phi) is 4.24. The highest BCUT2D eigenvalue weighted by Crippen LogP contribution is 2.24. The molecule has 1 aliphatic rings. The van der Waals surface area contributed by atoms with E-state index in [1.165, 1.54) is 4.90 Å². The van der Waals surface area contributed by atoms with Crippen LogP contribution in [-0.4, -0.2) is 51.4 Å². The minimum atomic E-state index is -0.972. The number of aryl methyl sites for hydroxylation is 1. The average Bonchev–Trinajstić information content (AvgIpc) is 3.23. The predicted octanol–water partition coefficient (Wildman–Crippen LogP) is 1.88. The number of carboxylic acid groups (broad SMARTS) is 1. The third-order valence-electron chi connectivity index (χ3n) is 4.19. The second kappa shape index (κ2) is 6.35. The van der Waals surface area contributed by atoms with E-state index in [1.807, 2.05) is 25.1 Å². The molecule has 1 aromatic heterocycles. The van der Waals surface area contributed by atoms with Crippen LogP contribution in [0.25, 0.3) is 5.69 Å². The molecule has 1 saturated heterocycles. The Balaban J connectivity index is 1.90. The minimum absolute atomic E-state index is 0.228. The number of rotatable bonds is 4. The molecule has 2 heterocycles. The SMILES string of the molecule is COc1ccc(C)cc1-n1ccc(C(=O)N2CCC[C@@H]2C(=O)O)n1. The van der Waals surface area contributed by atoms with E-state index in [1.54, 1.807) is 24.1 Å². The normalized spacial score (nSPS) is 17.1. The summed E-state index contributed by atoms with van der Waals surface area (Å²) in [5, 5.41) is 13.5. The van der Waals surface area contributed by atoms with Crippen molar-refractivity contribution in [1.82, 2.24) is 14.7 Å². The zero-order chi connectivity index (χ0) is 17.3. The summed E-state index contributed by atoms with van der Waals surface area (Å²) in [6.07, 6.45) is 2.85. The third kappa shape index (κ3) is 2.84. The van der Waals surface area contributed by atoms with Crippen LogP contribution >= 0.6 is 0 Å². The maximum Gasteiger partial charge on any atom is 0.326 e. The van der Waals surface area contributed by atoms with Gasteiger partial charge in [-0.1, -0.05) is 6.07 Å². The van der Waals surface area contributed by atoms with Gasteiger partial charge in [0.2, 0.25) is 0 Å². The molecule has 1 aliphatic heterocycles. The second-order valence-corrected chi connectivity index (χ2v) is 5.82. The number of aromatic nitrogens is 2. The molecule has 1 N–H and O–H groups in total. The van der Waals surface area contributed by atoms with Crippen molar-refractivity contribution in [2.75, 3.05) is 13.7 Å². The van der Waals surface area contributed by atoms with Crippen LogP contribution in [0, 0.1) is 6.92 Å². The summed E-state index contributed by atoms with van der Waals surface area (Å²) in [4.78, 5) is 25.2. The Hall–Kier alpha value is -2.83. The number of methoxy groups -OCH3 is 1. The number of carboxylic acids is 1. The Bertz CT molecular complexity index is 784. The standard InChI is InChI=1S/C17H19N3O4/c1-11-5-6-15(24-2)14(10-11)20-9-7-12(18-20)16(21)19-8-3-4-13(19)17(22)23/h5-7,9-10,13H,3-4,8H2,1-2H3,(H,22,23)/t13-/m1/s1. The molecule has 0 radical (unpaired) electrons. The quantitative estimate of drug-likeness (QED) is 0.926. The van der Waals surface area contributed by atoms with Crippen molar-refractivity contribution in [3.8, 4) is 11.4 Å². The Labute approximate surface area is 139 Å². The number of likely N-dealkylation sites (tertiary alicyclic amines) is 1. The second-order valence-electron chi connectivity index (χ2n) is 5.82. The van der Waals surface area contributed by atoms with Gasteiger partial charge < -0.3 is 14.7 Å². The van der Waals surface area contributed by atoms with Gasteiger partial charge in [-0.05, 0) is 43.5 Å². The molecular formula is C17H19N3O4. The molecule has 0 spiro atoms. The van der Waals surface area contributed by atoms with Crippen LogP contribution in [0.1, 0.15) is 28.9 Å². The van der Waals surface area contributed by atoms with Crippen molar-refractivity contribution in [2.24, 2.45) is 0 Å². The van der Waals surface area contributed by atoms with Crippen LogP contribution in [0.15, 0.2) is 30.5 Å². The zero-order valence-corrected chi connectivity index (χ0v) is 13.6. The highest BCUT2D eigenvalue weighted by atomic mass is 16.5. The van der Waals surface area contributed by atoms with Crippen LogP contribution < -0.4 is 4.74 Å². The van der Waals surface area contributed by atoms with Gasteiger partial charge in [0.25, 0.3) is 5.91 Å². The van der Waals surface area contributed by atoms with Crippen LogP contribution in [0.4, 0.5) is 0 Å². The van der Waals surface area contributed by atoms with Gasteiger partial charge in [-0.25, -0.2) is 9.48 Å². The number of amides is 1. The largest absolute Gasteiger partial charge is 0.494 e. The monoisotopic (exact) mass is 329 g/mol. The molecular weight excluding hydrogens is 310 g/mol. The topological polar surface area (TPSA) is 84.7 Å². The van der Waals surface area contributed by atoms with Gasteiger partial charge in [0.1, 0.15) is 17.5 Å². The van der Waals surface area contributed by atoms with Gasteiger partial charge in [-0.2, -0.15) is 5.10 Å². The maximum atomic E-state index is 12.6. The first-order chi connectivity index (χ1) is 11.5. The van der Waals surface area contributed by atoms with E-state index in [4.69, 9.17) is 4.74 Å². The van der Waals surface area contributed by atoms with Crippen LogP contribution in [-0.2, 0) is 4.79 Å². The Morgan fingerprint density at radius 1 is 1.33 bits per heavy atom. The van der Waals surface area contributed by atoms with E-state index in [0.717, 1.165) is 11.3 Å². The van der Waals surface area contributed by atoms with E-state index >= 15 is 0 Å². The number of carbonyl (C=O) groups is 2. The smallest absolute Gasteiger partial charge is 0.326 e. The molecule has 2 aromatic rings. The van der Waals surface area contributed by atoms with Crippen molar-refractivity contribution >= 4 is 11.9 Å². The zero-order valence-electron chi connectivity index (χ0n) is 13.6. The number of aliphatic carboxylic acids is 1. The molecule has 7 heteroatoms. The molecule has 1 amide bonds. The average molecular weight is 329 g/mol. The molecule has 0 aliphatic carbocycles.